The molecule has 2 aromatic rings. The topological polar surface area (TPSA) is 90.5 Å². The molecule has 0 radical (unpaired) electrons. The molecule has 0 bridgehead atoms. The number of hydrogen-bond acceptors (Lipinski definition) is 4. The van der Waals surface area contributed by atoms with Gasteiger partial charge in [0.25, 0.3) is 0 Å². The molecule has 1 aliphatic heterocycles. The molecule has 3 N–H and O–H groups in total. The van der Waals surface area contributed by atoms with Gasteiger partial charge in [0.1, 0.15) is 12.1 Å². The maximum atomic E-state index is 13.5. The number of nitrogens with one attached hydrogen (secondary N) is 3. The summed E-state index contributed by atoms with van der Waals surface area (Å²) in [6.07, 6.45) is 6.70. The first-order valence-electron chi connectivity index (χ1n) is 14.5. The highest BCUT2D eigenvalue weighted by molar-refractivity contribution is 5.93. The number of halogens is 1. The summed E-state index contributed by atoms with van der Waals surface area (Å²) in [5.74, 6) is 0.353. The van der Waals surface area contributed by atoms with E-state index in [0.717, 1.165) is 68.0 Å². The van der Waals surface area contributed by atoms with E-state index in [9.17, 15) is 14.4 Å². The number of rotatable bonds is 12. The highest BCUT2D eigenvalue weighted by Crippen LogP contribution is 2.30. The fourth-order valence-corrected chi connectivity index (χ4v) is 5.73. The Morgan fingerprint density at radius 2 is 1.69 bits per heavy atom. The number of amides is 3. The lowest BCUT2D eigenvalue weighted by Crippen LogP contribution is -2.54. The van der Waals surface area contributed by atoms with Crippen molar-refractivity contribution < 1.29 is 14.4 Å². The predicted molar refractivity (Wildman–Crippen MR) is 159 cm³/mol. The van der Waals surface area contributed by atoms with Crippen molar-refractivity contribution in [2.75, 3.05) is 26.2 Å². The molecule has 214 valence electrons. The van der Waals surface area contributed by atoms with Gasteiger partial charge in [0.15, 0.2) is 0 Å². The maximum absolute atomic E-state index is 13.5. The van der Waals surface area contributed by atoms with E-state index in [1.54, 1.807) is 4.90 Å². The van der Waals surface area contributed by atoms with Crippen molar-refractivity contribution >= 4 is 40.9 Å². The fraction of sp³-hybridized carbons (Fsp3) is 0.581. The Balaban J connectivity index is 0.00000420. The normalized spacial score (nSPS) is 18.2. The minimum Gasteiger partial charge on any atom is -0.354 e. The molecule has 0 spiro atoms. The van der Waals surface area contributed by atoms with Gasteiger partial charge in [-0.1, -0.05) is 69.2 Å². The summed E-state index contributed by atoms with van der Waals surface area (Å²) in [7, 11) is 0. The molecule has 1 heterocycles. The smallest absolute Gasteiger partial charge is 0.243 e. The molecule has 8 heteroatoms. The Morgan fingerprint density at radius 3 is 2.44 bits per heavy atom. The van der Waals surface area contributed by atoms with Crippen LogP contribution in [0.4, 0.5) is 0 Å². The van der Waals surface area contributed by atoms with Crippen LogP contribution in [0, 0.1) is 11.8 Å². The summed E-state index contributed by atoms with van der Waals surface area (Å²) in [6.45, 7) is 7.29. The third kappa shape index (κ3) is 8.67. The third-order valence-corrected chi connectivity index (χ3v) is 7.81. The number of carbonyl (C=O) groups is 3. The summed E-state index contributed by atoms with van der Waals surface area (Å²) in [5, 5.41) is 11.7. The Bertz CT molecular complexity index is 1100. The number of benzene rings is 2. The number of hydrogen-bond donors (Lipinski definition) is 3. The SMILES string of the molecule is CC(C)CNCCCNC(=O)[C@@H](Cc1ccc2ccccc2c1)NC(=O)C1CCCN1C(=O)C1CCCC1.Cl. The molecule has 2 fully saturated rings. The van der Waals surface area contributed by atoms with E-state index in [-0.39, 0.29) is 36.0 Å². The minimum atomic E-state index is -0.698. The van der Waals surface area contributed by atoms with Crippen LogP contribution in [0.25, 0.3) is 10.8 Å². The molecular weight excluding hydrogens is 512 g/mol. The minimum absolute atomic E-state index is 0. The van der Waals surface area contributed by atoms with Gasteiger partial charge in [-0.2, -0.15) is 0 Å². The van der Waals surface area contributed by atoms with Gasteiger partial charge in [-0.05, 0) is 67.4 Å². The molecule has 2 aromatic carbocycles. The van der Waals surface area contributed by atoms with Crippen LogP contribution < -0.4 is 16.0 Å². The molecule has 2 atom stereocenters. The standard InChI is InChI=1S/C31H44N4O3.ClH/c1-22(2)21-32-16-8-17-33-29(36)27(20-23-14-15-24-9-3-6-12-26(24)19-23)34-30(37)28-13-7-18-35(28)31(38)25-10-4-5-11-25;/h3,6,9,12,14-15,19,22,25,27-28,32H,4-5,7-8,10-11,13,16-18,20-21H2,1-2H3,(H,33,36)(H,34,37);1H/t27-,28?;/m1./s1. The molecule has 1 saturated carbocycles. The molecule has 39 heavy (non-hydrogen) atoms. The average Bonchev–Trinajstić information content (AvgIpc) is 3.62. The van der Waals surface area contributed by atoms with E-state index < -0.39 is 12.1 Å². The molecule has 1 unspecified atom stereocenters. The van der Waals surface area contributed by atoms with Gasteiger partial charge in [0.2, 0.25) is 17.7 Å². The van der Waals surface area contributed by atoms with Crippen molar-refractivity contribution in [3.63, 3.8) is 0 Å². The van der Waals surface area contributed by atoms with Gasteiger partial charge in [-0.15, -0.1) is 12.4 Å². The predicted octanol–water partition coefficient (Wildman–Crippen LogP) is 4.22. The first-order valence-corrected chi connectivity index (χ1v) is 14.5. The highest BCUT2D eigenvalue weighted by Gasteiger charge is 2.38. The van der Waals surface area contributed by atoms with Crippen LogP contribution in [0.3, 0.4) is 0 Å². The quantitative estimate of drug-likeness (QED) is 0.341. The number of fused-ring (bicyclic) bond motifs is 1. The van der Waals surface area contributed by atoms with Crippen LogP contribution in [0.15, 0.2) is 42.5 Å². The summed E-state index contributed by atoms with van der Waals surface area (Å²) in [6, 6.07) is 13.1. The second kappa shape index (κ2) is 15.2. The van der Waals surface area contributed by atoms with Crippen LogP contribution in [-0.2, 0) is 20.8 Å². The zero-order chi connectivity index (χ0) is 26.9. The summed E-state index contributed by atoms with van der Waals surface area (Å²) >= 11 is 0. The van der Waals surface area contributed by atoms with Crippen LogP contribution in [-0.4, -0.2) is 60.9 Å². The Morgan fingerprint density at radius 1 is 0.949 bits per heavy atom. The van der Waals surface area contributed by atoms with Gasteiger partial charge in [0, 0.05) is 25.4 Å². The second-order valence-electron chi connectivity index (χ2n) is 11.4. The zero-order valence-electron chi connectivity index (χ0n) is 23.4. The zero-order valence-corrected chi connectivity index (χ0v) is 24.2. The Hall–Kier alpha value is -2.64. The molecule has 2 aliphatic rings. The lowest BCUT2D eigenvalue weighted by atomic mass is 10.0. The van der Waals surface area contributed by atoms with Gasteiger partial charge < -0.3 is 20.9 Å². The molecule has 0 aromatic heterocycles. The van der Waals surface area contributed by atoms with Gasteiger partial charge in [-0.25, -0.2) is 0 Å². The van der Waals surface area contributed by atoms with Gasteiger partial charge >= 0.3 is 0 Å². The van der Waals surface area contributed by atoms with E-state index in [0.29, 0.717) is 31.8 Å². The largest absolute Gasteiger partial charge is 0.354 e. The van der Waals surface area contributed by atoms with Gasteiger partial charge in [0.05, 0.1) is 0 Å². The van der Waals surface area contributed by atoms with E-state index in [4.69, 9.17) is 0 Å². The highest BCUT2D eigenvalue weighted by atomic mass is 35.5. The maximum Gasteiger partial charge on any atom is 0.243 e. The number of likely N-dealkylation sites (tertiary alicyclic amines) is 1. The molecule has 1 aliphatic carbocycles. The van der Waals surface area contributed by atoms with Gasteiger partial charge in [-0.3, -0.25) is 14.4 Å². The van der Waals surface area contributed by atoms with Crippen LogP contribution in [0.2, 0.25) is 0 Å². The molecule has 3 amide bonds. The summed E-state index contributed by atoms with van der Waals surface area (Å²) in [4.78, 5) is 41.7. The third-order valence-electron chi connectivity index (χ3n) is 7.81. The lowest BCUT2D eigenvalue weighted by molar-refractivity contribution is -0.142. The van der Waals surface area contributed by atoms with Crippen molar-refractivity contribution in [2.24, 2.45) is 11.8 Å². The Labute approximate surface area is 239 Å². The van der Waals surface area contributed by atoms with Crippen molar-refractivity contribution in [1.82, 2.24) is 20.9 Å². The van der Waals surface area contributed by atoms with Crippen molar-refractivity contribution in [3.05, 3.63) is 48.0 Å². The average molecular weight is 557 g/mol. The number of nitrogens with zero attached hydrogens (tertiary/aromatic N) is 1. The van der Waals surface area contributed by atoms with E-state index in [1.807, 2.05) is 18.2 Å². The van der Waals surface area contributed by atoms with Crippen molar-refractivity contribution in [1.29, 1.82) is 0 Å². The molecule has 1 saturated heterocycles. The molecule has 7 nitrogen and oxygen atoms in total. The number of carbonyl (C=O) groups excluding carboxylic acids is 3. The van der Waals surface area contributed by atoms with Crippen molar-refractivity contribution in [3.8, 4) is 0 Å². The second-order valence-corrected chi connectivity index (χ2v) is 11.4. The van der Waals surface area contributed by atoms with E-state index in [2.05, 4.69) is 54.1 Å². The molecular formula is C31H45ClN4O3. The van der Waals surface area contributed by atoms with Crippen LogP contribution >= 0.6 is 12.4 Å². The molecule has 4 rings (SSSR count). The van der Waals surface area contributed by atoms with Crippen LogP contribution in [0.5, 0.6) is 0 Å². The first kappa shape index (κ1) is 30.9. The van der Waals surface area contributed by atoms with Crippen LogP contribution in [0.1, 0.15) is 64.4 Å². The van der Waals surface area contributed by atoms with Crippen molar-refractivity contribution in [2.45, 2.75) is 77.3 Å². The lowest BCUT2D eigenvalue weighted by Gasteiger charge is -2.28. The monoisotopic (exact) mass is 556 g/mol. The fourth-order valence-electron chi connectivity index (χ4n) is 5.73. The first-order chi connectivity index (χ1) is 18.4. The summed E-state index contributed by atoms with van der Waals surface area (Å²) < 4.78 is 0. The Kier molecular flexibility index (Phi) is 12.1. The van der Waals surface area contributed by atoms with E-state index in [1.165, 1.54) is 0 Å². The summed E-state index contributed by atoms with van der Waals surface area (Å²) in [5.41, 5.74) is 0.994. The van der Waals surface area contributed by atoms with E-state index >= 15 is 0 Å².